The van der Waals surface area contributed by atoms with Gasteiger partial charge < -0.3 is 15.7 Å². The van der Waals surface area contributed by atoms with Crippen LogP contribution in [0, 0.1) is 6.92 Å². The maximum Gasteiger partial charge on any atom is 0.319 e. The first kappa shape index (κ1) is 11.9. The van der Waals surface area contributed by atoms with Crippen molar-refractivity contribution in [3.8, 4) is 0 Å². The van der Waals surface area contributed by atoms with Crippen molar-refractivity contribution in [2.45, 2.75) is 31.8 Å². The molecule has 0 spiro atoms. The molecule has 1 aliphatic rings. The molecule has 0 aliphatic heterocycles. The molecule has 92 valence electrons. The number of nitrogens with one attached hydrogen (secondary N) is 2. The molecule has 2 amide bonds. The van der Waals surface area contributed by atoms with Crippen molar-refractivity contribution in [2.24, 2.45) is 0 Å². The topological polar surface area (TPSA) is 74.2 Å². The number of nitrogens with zero attached hydrogens (tertiary/aromatic N) is 1. The van der Waals surface area contributed by atoms with E-state index in [1.165, 1.54) is 0 Å². The lowest BCUT2D eigenvalue weighted by Crippen LogP contribution is -2.48. The molecular weight excluding hydrogens is 218 g/mol. The maximum atomic E-state index is 11.6. The predicted octanol–water partition coefficient (Wildman–Crippen LogP) is 1.43. The summed E-state index contributed by atoms with van der Waals surface area (Å²) in [6, 6.07) is 3.22. The predicted molar refractivity (Wildman–Crippen MR) is 64.8 cm³/mol. The third-order valence-electron chi connectivity index (χ3n) is 3.02. The molecule has 1 aromatic rings. The molecule has 5 heteroatoms. The number of carbonyl (C=O) groups excluding carboxylic acids is 1. The third kappa shape index (κ3) is 3.17. The minimum absolute atomic E-state index is 0.295. The summed E-state index contributed by atoms with van der Waals surface area (Å²) in [4.78, 5) is 15.6. The van der Waals surface area contributed by atoms with Crippen LogP contribution in [0.4, 0.5) is 10.5 Å². The van der Waals surface area contributed by atoms with Crippen LogP contribution in [0.15, 0.2) is 18.3 Å². The Balaban J connectivity index is 1.81. The summed E-state index contributed by atoms with van der Waals surface area (Å²) in [6.45, 7) is 2.17. The quantitative estimate of drug-likeness (QED) is 0.742. The minimum atomic E-state index is -0.689. The summed E-state index contributed by atoms with van der Waals surface area (Å²) >= 11 is 0. The third-order valence-corrected chi connectivity index (χ3v) is 3.02. The highest BCUT2D eigenvalue weighted by Gasteiger charge is 2.34. The van der Waals surface area contributed by atoms with Crippen molar-refractivity contribution in [3.63, 3.8) is 0 Å². The second-order valence-electron chi connectivity index (χ2n) is 4.57. The zero-order valence-electron chi connectivity index (χ0n) is 9.86. The van der Waals surface area contributed by atoms with Gasteiger partial charge in [0.2, 0.25) is 0 Å². The van der Waals surface area contributed by atoms with Crippen molar-refractivity contribution in [1.82, 2.24) is 10.3 Å². The molecule has 0 atom stereocenters. The molecule has 0 unspecified atom stereocenters. The van der Waals surface area contributed by atoms with Crippen LogP contribution in [-0.2, 0) is 0 Å². The Labute approximate surface area is 100 Å². The van der Waals surface area contributed by atoms with Gasteiger partial charge in [-0.2, -0.15) is 0 Å². The number of hydrogen-bond donors (Lipinski definition) is 3. The van der Waals surface area contributed by atoms with Gasteiger partial charge >= 0.3 is 6.03 Å². The summed E-state index contributed by atoms with van der Waals surface area (Å²) < 4.78 is 0. The molecule has 0 bridgehead atoms. The number of rotatable bonds is 3. The lowest BCUT2D eigenvalue weighted by molar-refractivity contribution is -0.0287. The second kappa shape index (κ2) is 4.71. The lowest BCUT2D eigenvalue weighted by Gasteiger charge is -2.36. The number of pyridine rings is 1. The molecule has 3 N–H and O–H groups in total. The van der Waals surface area contributed by atoms with E-state index in [9.17, 15) is 9.90 Å². The average molecular weight is 235 g/mol. The van der Waals surface area contributed by atoms with Crippen molar-refractivity contribution in [3.05, 3.63) is 24.0 Å². The molecule has 1 saturated carbocycles. The zero-order chi connectivity index (χ0) is 12.3. The van der Waals surface area contributed by atoms with Crippen molar-refractivity contribution < 1.29 is 9.90 Å². The van der Waals surface area contributed by atoms with E-state index in [0.717, 1.165) is 25.0 Å². The molecule has 2 rings (SSSR count). The van der Waals surface area contributed by atoms with Crippen LogP contribution in [0.1, 0.15) is 25.0 Å². The van der Waals surface area contributed by atoms with Crippen molar-refractivity contribution in [2.75, 3.05) is 11.9 Å². The first-order chi connectivity index (χ1) is 8.07. The molecule has 0 saturated heterocycles. The number of urea groups is 1. The number of hydrogen-bond acceptors (Lipinski definition) is 3. The smallest absolute Gasteiger partial charge is 0.319 e. The van der Waals surface area contributed by atoms with Gasteiger partial charge in [0, 0.05) is 24.1 Å². The minimum Gasteiger partial charge on any atom is -0.388 e. The maximum absolute atomic E-state index is 11.6. The molecule has 0 radical (unpaired) electrons. The van der Waals surface area contributed by atoms with E-state index in [0.29, 0.717) is 12.2 Å². The Kier molecular flexibility index (Phi) is 3.28. The molecule has 1 aliphatic carbocycles. The molecule has 0 aromatic carbocycles. The summed E-state index contributed by atoms with van der Waals surface area (Å²) in [5, 5.41) is 15.2. The van der Waals surface area contributed by atoms with Gasteiger partial charge in [0.1, 0.15) is 0 Å². The Morgan fingerprint density at radius 2 is 2.35 bits per heavy atom. The van der Waals surface area contributed by atoms with Crippen molar-refractivity contribution in [1.29, 1.82) is 0 Å². The molecular formula is C12H17N3O2. The fraction of sp³-hybridized carbons (Fsp3) is 0.500. The van der Waals surface area contributed by atoms with Crippen LogP contribution < -0.4 is 10.6 Å². The molecule has 1 aromatic heterocycles. The lowest BCUT2D eigenvalue weighted by atomic mass is 9.80. The number of anilines is 1. The van der Waals surface area contributed by atoms with Gasteiger partial charge in [-0.3, -0.25) is 4.98 Å². The van der Waals surface area contributed by atoms with Crippen LogP contribution in [0.25, 0.3) is 0 Å². The largest absolute Gasteiger partial charge is 0.388 e. The Bertz CT molecular complexity index is 416. The van der Waals surface area contributed by atoms with Gasteiger partial charge in [0.25, 0.3) is 0 Å². The Morgan fingerprint density at radius 1 is 1.59 bits per heavy atom. The van der Waals surface area contributed by atoms with E-state index in [1.807, 2.05) is 6.92 Å². The fourth-order valence-corrected chi connectivity index (χ4v) is 1.81. The molecule has 5 nitrogen and oxygen atoms in total. The number of aromatic nitrogens is 1. The van der Waals surface area contributed by atoms with Crippen LogP contribution in [0.3, 0.4) is 0 Å². The van der Waals surface area contributed by atoms with E-state index in [1.54, 1.807) is 18.3 Å². The zero-order valence-corrected chi connectivity index (χ0v) is 9.86. The fourth-order valence-electron chi connectivity index (χ4n) is 1.81. The van der Waals surface area contributed by atoms with Gasteiger partial charge in [-0.1, -0.05) is 0 Å². The highest BCUT2D eigenvalue weighted by atomic mass is 16.3. The summed E-state index contributed by atoms with van der Waals surface area (Å²) in [7, 11) is 0. The normalized spacial score (nSPS) is 17.1. The van der Waals surface area contributed by atoms with Gasteiger partial charge in [-0.15, -0.1) is 0 Å². The number of amides is 2. The van der Waals surface area contributed by atoms with Gasteiger partial charge in [0.05, 0.1) is 5.60 Å². The Hall–Kier alpha value is -1.62. The first-order valence-electron chi connectivity index (χ1n) is 5.77. The van der Waals surface area contributed by atoms with E-state index in [-0.39, 0.29) is 6.03 Å². The van der Waals surface area contributed by atoms with Gasteiger partial charge in [0.15, 0.2) is 0 Å². The second-order valence-corrected chi connectivity index (χ2v) is 4.57. The Morgan fingerprint density at radius 3 is 2.94 bits per heavy atom. The monoisotopic (exact) mass is 235 g/mol. The van der Waals surface area contributed by atoms with Crippen LogP contribution in [0.5, 0.6) is 0 Å². The van der Waals surface area contributed by atoms with Gasteiger partial charge in [-0.25, -0.2) is 4.79 Å². The highest BCUT2D eigenvalue weighted by molar-refractivity contribution is 5.89. The number of carbonyl (C=O) groups is 1. The first-order valence-corrected chi connectivity index (χ1v) is 5.77. The summed E-state index contributed by atoms with van der Waals surface area (Å²) in [5.41, 5.74) is 0.863. The average Bonchev–Trinajstić information content (AvgIpc) is 2.24. The van der Waals surface area contributed by atoms with Crippen LogP contribution in [0.2, 0.25) is 0 Å². The number of aryl methyl sites for hydroxylation is 1. The van der Waals surface area contributed by atoms with Gasteiger partial charge in [-0.05, 0) is 38.3 Å². The molecule has 1 fully saturated rings. The van der Waals surface area contributed by atoms with E-state index < -0.39 is 5.60 Å². The van der Waals surface area contributed by atoms with E-state index in [4.69, 9.17) is 0 Å². The SMILES string of the molecule is Cc1cc(NC(=O)NCC2(O)CCC2)ccn1. The molecule has 17 heavy (non-hydrogen) atoms. The van der Waals surface area contributed by atoms with Crippen LogP contribution >= 0.6 is 0 Å². The summed E-state index contributed by atoms with van der Waals surface area (Å²) in [6.07, 6.45) is 4.21. The van der Waals surface area contributed by atoms with E-state index in [2.05, 4.69) is 15.6 Å². The summed E-state index contributed by atoms with van der Waals surface area (Å²) in [5.74, 6) is 0. The molecule has 1 heterocycles. The highest BCUT2D eigenvalue weighted by Crippen LogP contribution is 2.30. The standard InChI is InChI=1S/C12H17N3O2/c1-9-7-10(3-6-13-9)15-11(16)14-8-12(17)4-2-5-12/h3,6-7,17H,2,4-5,8H2,1H3,(H2,13,14,15,16). The van der Waals surface area contributed by atoms with Crippen molar-refractivity contribution >= 4 is 11.7 Å². The van der Waals surface area contributed by atoms with E-state index >= 15 is 0 Å². The number of aliphatic hydroxyl groups is 1. The van der Waals surface area contributed by atoms with Crippen LogP contribution in [-0.4, -0.2) is 28.3 Å².